The van der Waals surface area contributed by atoms with Gasteiger partial charge in [0, 0.05) is 46.6 Å². The Hall–Kier alpha value is -11.2. The van der Waals surface area contributed by atoms with Gasteiger partial charge < -0.3 is 75.6 Å². The fraction of sp³-hybridized carbons (Fsp3) is 0.596. The molecule has 0 bridgehead atoms. The summed E-state index contributed by atoms with van der Waals surface area (Å²) in [4.78, 5) is 178. The molecule has 2 saturated heterocycles. The van der Waals surface area contributed by atoms with Gasteiger partial charge in [-0.2, -0.15) is 0 Å². The second-order valence-electron chi connectivity index (χ2n) is 37.8. The Morgan fingerprint density at radius 1 is 0.556 bits per heavy atom. The Balaban J connectivity index is 1.20. The maximum Gasteiger partial charge on any atom is 0.410 e. The molecule has 4 heterocycles. The number of esters is 2. The van der Waals surface area contributed by atoms with E-state index >= 15 is 24.0 Å². The van der Waals surface area contributed by atoms with Crippen LogP contribution in [0, 0.1) is 10.8 Å². The zero-order chi connectivity index (χ0) is 92.5. The molecular formula is C89H130N16O19. The summed E-state index contributed by atoms with van der Waals surface area (Å²) in [6.07, 6.45) is 11.7. The first kappa shape index (κ1) is 99.9. The minimum Gasteiger partial charge on any atom is -0.480 e. The number of nitrogens with one attached hydrogen (secondary N) is 5. The maximum atomic E-state index is 15.7. The van der Waals surface area contributed by atoms with Gasteiger partial charge in [-0.05, 0) is 174 Å². The van der Waals surface area contributed by atoms with Crippen LogP contribution in [0.2, 0.25) is 0 Å². The van der Waals surface area contributed by atoms with Crippen molar-refractivity contribution in [1.29, 1.82) is 0 Å². The van der Waals surface area contributed by atoms with Gasteiger partial charge in [0.15, 0.2) is 12.1 Å². The maximum absolute atomic E-state index is 15.7. The lowest BCUT2D eigenvalue weighted by atomic mass is 9.85. The van der Waals surface area contributed by atoms with Gasteiger partial charge in [-0.3, -0.25) is 43.4 Å². The molecule has 4 aromatic rings. The molecule has 12 atom stereocenters. The number of hydrogen-bond acceptors (Lipinski definition) is 23. The first-order valence-corrected chi connectivity index (χ1v) is 42.0. The highest BCUT2D eigenvalue weighted by atomic mass is 16.6. The van der Waals surface area contributed by atoms with Crippen molar-refractivity contribution >= 4 is 82.2 Å². The summed E-state index contributed by atoms with van der Waals surface area (Å²) in [5.74, 6) is -8.03. The number of ether oxygens (including phenoxy) is 6. The number of carbonyl (C=O) groups excluding carboxylic acids is 11. The minimum absolute atomic E-state index is 0.0121. The largest absolute Gasteiger partial charge is 0.480 e. The van der Waals surface area contributed by atoms with E-state index in [1.54, 1.807) is 143 Å². The molecule has 124 heavy (non-hydrogen) atoms. The van der Waals surface area contributed by atoms with Gasteiger partial charge >= 0.3 is 30.1 Å². The van der Waals surface area contributed by atoms with E-state index < -0.39 is 184 Å². The Labute approximate surface area is 726 Å². The van der Waals surface area contributed by atoms with Gasteiger partial charge in [-0.25, -0.2) is 33.3 Å². The van der Waals surface area contributed by atoms with E-state index in [0.29, 0.717) is 23.1 Å². The van der Waals surface area contributed by atoms with Crippen molar-refractivity contribution < 1.29 is 91.1 Å². The van der Waals surface area contributed by atoms with Crippen LogP contribution in [0.25, 0.3) is 10.8 Å². The molecule has 1 aliphatic carbocycles. The van der Waals surface area contributed by atoms with Gasteiger partial charge in [-0.15, -0.1) is 10.2 Å². The molecule has 0 spiro atoms. The quantitative estimate of drug-likeness (QED) is 0.0175. The molecule has 680 valence electrons. The summed E-state index contributed by atoms with van der Waals surface area (Å²) in [6, 6.07) is -0.0897. The number of carboxylic acids is 1. The minimum atomic E-state index is -1.53. The summed E-state index contributed by atoms with van der Waals surface area (Å²) in [5.41, 5.74) is 2.36. The van der Waals surface area contributed by atoms with Crippen LogP contribution in [0.5, 0.6) is 0 Å². The SMILES string of the molecule is C=C1C=C/C(C[C@H](NC(=O)[C@@H]2[C@@H](OCc3cn([C@@H](CCNC(=O)[C@H](Cc4ccc5ccccc5c4)NC(=O)[C@@H]4[C@@H](OCc5cn([C@@H](CCN)C(=O)OC(C)(C)C)nn5)CCN4C(=O)[C@@H](NC(=O)[C@H](C)N(C)C(=O)OC(C)(C)C)C(C)(C)C)C(=O)OC(C)(C)C)nn3)CCN2C(=O)[C@@H](NC(=O)[C@H](C)N(C)C(=O)OC(C)(C)C)C(C)(C)C)C(=O)O)=C\C/C=C\C=C/1. The second kappa shape index (κ2) is 42.5. The molecule has 2 aromatic heterocycles. The molecule has 9 amide bonds. The molecule has 3 aliphatic rings. The topological polar surface area (TPSA) is 441 Å². The van der Waals surface area contributed by atoms with Crippen LogP contribution in [0.3, 0.4) is 0 Å². The van der Waals surface area contributed by atoms with E-state index in [1.807, 2.05) is 66.8 Å². The number of benzene rings is 2. The van der Waals surface area contributed by atoms with Gasteiger partial charge in [-0.1, -0.05) is 144 Å². The smallest absolute Gasteiger partial charge is 0.410 e. The normalized spacial score (nSPS) is 19.5. The van der Waals surface area contributed by atoms with E-state index in [0.717, 1.165) is 20.6 Å². The molecule has 8 N–H and O–H groups in total. The lowest BCUT2D eigenvalue weighted by molar-refractivity contribution is -0.160. The first-order chi connectivity index (χ1) is 57.6. The van der Waals surface area contributed by atoms with Crippen LogP contribution < -0.4 is 32.3 Å². The molecule has 2 aliphatic heterocycles. The number of amides is 9. The fourth-order valence-corrected chi connectivity index (χ4v) is 13.8. The van der Waals surface area contributed by atoms with Crippen molar-refractivity contribution in [3.8, 4) is 0 Å². The van der Waals surface area contributed by atoms with Crippen LogP contribution >= 0.6 is 0 Å². The Bertz CT molecular complexity index is 4620. The molecule has 0 saturated carbocycles. The number of aliphatic carboxylic acids is 1. The molecule has 7 rings (SSSR count). The molecule has 35 nitrogen and oxygen atoms in total. The third-order valence-corrected chi connectivity index (χ3v) is 20.6. The van der Waals surface area contributed by atoms with Gasteiger partial charge in [0.05, 0.1) is 37.8 Å². The molecule has 0 unspecified atom stereocenters. The Morgan fingerprint density at radius 2 is 1.01 bits per heavy atom. The zero-order valence-electron chi connectivity index (χ0n) is 75.9. The average molecular weight is 1730 g/mol. The zero-order valence-corrected chi connectivity index (χ0v) is 75.9. The number of carbonyl (C=O) groups is 12. The number of nitrogens with zero attached hydrogens (tertiary/aromatic N) is 10. The highest BCUT2D eigenvalue weighted by Gasteiger charge is 2.51. The fourth-order valence-electron chi connectivity index (χ4n) is 13.8. The third kappa shape index (κ3) is 29.2. The number of allylic oxidation sites excluding steroid dienone is 8. The lowest BCUT2D eigenvalue weighted by Crippen LogP contribution is -2.62. The van der Waals surface area contributed by atoms with E-state index in [9.17, 15) is 38.7 Å². The van der Waals surface area contributed by atoms with Gasteiger partial charge in [0.1, 0.15) is 82.1 Å². The Morgan fingerprint density at radius 3 is 1.45 bits per heavy atom. The van der Waals surface area contributed by atoms with Crippen LogP contribution in [-0.2, 0) is 96.0 Å². The number of nitrogens with two attached hydrogens (primary N) is 1. The van der Waals surface area contributed by atoms with Gasteiger partial charge in [0.25, 0.3) is 0 Å². The van der Waals surface area contributed by atoms with E-state index in [4.69, 9.17) is 34.2 Å². The predicted octanol–water partition coefficient (Wildman–Crippen LogP) is 8.13. The third-order valence-electron chi connectivity index (χ3n) is 20.6. The van der Waals surface area contributed by atoms with Gasteiger partial charge in [0.2, 0.25) is 41.4 Å². The first-order valence-electron chi connectivity index (χ1n) is 42.0. The second-order valence-corrected chi connectivity index (χ2v) is 37.8. The molecule has 0 radical (unpaired) electrons. The number of likely N-dealkylation sites (N-methyl/N-ethyl adjacent to an activating group) is 2. The van der Waals surface area contributed by atoms with E-state index in [1.165, 1.54) is 59.5 Å². The average Bonchev–Trinajstić information content (AvgIpc) is 1.51. The molecule has 2 fully saturated rings. The van der Waals surface area contributed by atoms with Crippen molar-refractivity contribution in [2.24, 2.45) is 16.6 Å². The monoisotopic (exact) mass is 1730 g/mol. The van der Waals surface area contributed by atoms with Crippen LogP contribution in [-0.4, -0.2) is 249 Å². The number of likely N-dealkylation sites (tertiary alicyclic amines) is 2. The van der Waals surface area contributed by atoms with Crippen molar-refractivity contribution in [3.63, 3.8) is 0 Å². The molecular weight excluding hydrogens is 1600 g/mol. The molecule has 2 aromatic carbocycles. The highest BCUT2D eigenvalue weighted by Crippen LogP contribution is 2.33. The Kier molecular flexibility index (Phi) is 34.2. The highest BCUT2D eigenvalue weighted by molar-refractivity contribution is 5.98. The summed E-state index contributed by atoms with van der Waals surface area (Å²) < 4.78 is 38.3. The van der Waals surface area contributed by atoms with Crippen molar-refractivity contribution in [3.05, 3.63) is 132 Å². The number of aromatic nitrogens is 6. The summed E-state index contributed by atoms with van der Waals surface area (Å²) >= 11 is 0. The summed E-state index contributed by atoms with van der Waals surface area (Å²) in [6.45, 7) is 36.5. The van der Waals surface area contributed by atoms with E-state index in [-0.39, 0.29) is 82.7 Å². The van der Waals surface area contributed by atoms with E-state index in [2.05, 4.69) is 53.8 Å². The molecule has 35 heteroatoms. The predicted molar refractivity (Wildman–Crippen MR) is 461 cm³/mol. The van der Waals surface area contributed by atoms with Crippen molar-refractivity contribution in [2.45, 2.75) is 292 Å². The number of rotatable bonds is 33. The number of hydrogen-bond donors (Lipinski definition) is 7. The van der Waals surface area contributed by atoms with Crippen molar-refractivity contribution in [1.82, 2.24) is 76.2 Å². The lowest BCUT2D eigenvalue weighted by Gasteiger charge is -2.37. The number of fused-ring (bicyclic) bond motifs is 1. The van der Waals surface area contributed by atoms with Crippen LogP contribution in [0.15, 0.2) is 115 Å². The number of carboxylic acid groups (broad SMARTS) is 1. The van der Waals surface area contributed by atoms with Crippen molar-refractivity contribution in [2.75, 3.05) is 40.3 Å². The summed E-state index contributed by atoms with van der Waals surface area (Å²) in [7, 11) is 2.78. The summed E-state index contributed by atoms with van der Waals surface area (Å²) in [5, 5.41) is 43.9. The standard InChI is InChI=1S/C89H130N16O19/c1-53-30-26-24-25-27-31-56(35-34-53)47-63(79(113)114)93-76(110)69-67(41-45-103(69)78(112)71(85(7,8)9)95-73(107)55(3)101(23)83(118)124-89(19,20)21)120-52-61-50-105(99-97-61)65(81(116)122-87(13,14)15)39-43-91-74(108)62(48-57-36-37-58-32-28-29-33-59(58)46-57)92-75(109)68-66(119-51-60-49-104(98-96-60)64(38-42-90)80(115)121-86(10,11)12)40-44-102(68)77(111)70(84(4,5)6)94-72(106)54(2)100(22)82(117)123-88(16,17)18/h24-26,28-37,46,49-50,54-55,62-71H,1,27,38-45,47-48,51-52,90H2,2-23H3,(H,91,108)(H,92,109)(H,93,110)(H,94,106)(H,95,107)(H,113,114)/b25-24-,30-26-,35-34?,56-31+/t54-,55-,62-,63-,64-,65-,66-,67-,68-,69-,70+,71+/m0/s1. The van der Waals surface area contributed by atoms with Crippen LogP contribution in [0.1, 0.15) is 206 Å². The van der Waals surface area contributed by atoms with Crippen LogP contribution in [0.4, 0.5) is 9.59 Å².